The van der Waals surface area contributed by atoms with Gasteiger partial charge in [-0.3, -0.25) is 9.59 Å². The molecule has 1 aromatic rings. The average molecular weight is 272 g/mol. The predicted molar refractivity (Wildman–Crippen MR) is 59.7 cm³/mol. The van der Waals surface area contributed by atoms with Gasteiger partial charge in [0.25, 0.3) is 0 Å². The van der Waals surface area contributed by atoms with E-state index in [1.54, 1.807) is 24.3 Å². The molecule has 0 aromatic heterocycles. The summed E-state index contributed by atoms with van der Waals surface area (Å²) in [5, 5.41) is 0. The molecule has 1 aliphatic rings. The van der Waals surface area contributed by atoms with Crippen LogP contribution in [-0.2, 0) is 22.6 Å². The van der Waals surface area contributed by atoms with Crippen LogP contribution in [0.25, 0.3) is 0 Å². The van der Waals surface area contributed by atoms with E-state index in [2.05, 4.69) is 0 Å². The Balaban J connectivity index is 2.37. The Kier molecular flexibility index (Phi) is 3.21. The second-order valence-electron chi connectivity index (χ2n) is 4.32. The Bertz CT molecular complexity index is 528. The number of hydrogen-bond donors (Lipinski definition) is 1. The summed E-state index contributed by atoms with van der Waals surface area (Å²) in [6.07, 6.45) is -5.01. The molecule has 102 valence electrons. The van der Waals surface area contributed by atoms with Crippen molar-refractivity contribution in [2.24, 2.45) is 5.73 Å². The van der Waals surface area contributed by atoms with Gasteiger partial charge in [0, 0.05) is 13.0 Å². The number of carbonyl (C=O) groups is 2. The summed E-state index contributed by atoms with van der Waals surface area (Å²) < 4.78 is 37.5. The van der Waals surface area contributed by atoms with Crippen molar-refractivity contribution in [3.8, 4) is 0 Å². The largest absolute Gasteiger partial charge is 0.471 e. The summed E-state index contributed by atoms with van der Waals surface area (Å²) in [6.45, 7) is -0.262. The quantitative estimate of drug-likeness (QED) is 0.828. The number of rotatable bonds is 1. The van der Waals surface area contributed by atoms with E-state index in [0.29, 0.717) is 10.5 Å². The van der Waals surface area contributed by atoms with Crippen LogP contribution in [0.3, 0.4) is 0 Å². The lowest BCUT2D eigenvalue weighted by molar-refractivity contribution is -0.189. The third-order valence-corrected chi connectivity index (χ3v) is 3.08. The highest BCUT2D eigenvalue weighted by molar-refractivity contribution is 5.89. The summed E-state index contributed by atoms with van der Waals surface area (Å²) in [5.41, 5.74) is 6.42. The van der Waals surface area contributed by atoms with Crippen molar-refractivity contribution >= 4 is 11.8 Å². The number of amides is 2. The Morgan fingerprint density at radius 2 is 1.79 bits per heavy atom. The first-order valence-corrected chi connectivity index (χ1v) is 5.54. The average Bonchev–Trinajstić information content (AvgIpc) is 2.35. The fraction of sp³-hybridized carbons (Fsp3) is 0.333. The molecule has 1 heterocycles. The Morgan fingerprint density at radius 1 is 1.21 bits per heavy atom. The number of primary amides is 1. The number of nitrogens with zero attached hydrogens (tertiary/aromatic N) is 1. The van der Waals surface area contributed by atoms with Crippen LogP contribution in [-0.4, -0.2) is 28.9 Å². The maximum absolute atomic E-state index is 12.5. The summed E-state index contributed by atoms with van der Waals surface area (Å²) in [4.78, 5) is 23.1. The molecule has 2 N–H and O–H groups in total. The first kappa shape index (κ1) is 13.4. The number of halogens is 3. The molecule has 0 radical (unpaired) electrons. The molecule has 1 aromatic carbocycles. The van der Waals surface area contributed by atoms with Crippen molar-refractivity contribution in [1.29, 1.82) is 0 Å². The molecular formula is C12H11F3N2O2. The summed E-state index contributed by atoms with van der Waals surface area (Å²) in [7, 11) is 0. The van der Waals surface area contributed by atoms with Crippen LogP contribution >= 0.6 is 0 Å². The molecule has 0 spiro atoms. The smallest absolute Gasteiger partial charge is 0.368 e. The molecule has 0 unspecified atom stereocenters. The summed E-state index contributed by atoms with van der Waals surface area (Å²) in [6, 6.07) is 5.46. The van der Waals surface area contributed by atoms with Gasteiger partial charge in [0.2, 0.25) is 5.91 Å². The second kappa shape index (κ2) is 4.56. The maximum atomic E-state index is 12.5. The van der Waals surface area contributed by atoms with Crippen LogP contribution in [0.1, 0.15) is 11.1 Å². The van der Waals surface area contributed by atoms with E-state index < -0.39 is 24.0 Å². The highest BCUT2D eigenvalue weighted by atomic mass is 19.4. The SMILES string of the molecule is NC(=O)[C@@H]1Cc2ccccc2CN1C(=O)C(F)(F)F. The second-order valence-corrected chi connectivity index (χ2v) is 4.32. The van der Waals surface area contributed by atoms with Crippen molar-refractivity contribution < 1.29 is 22.8 Å². The lowest BCUT2D eigenvalue weighted by atomic mass is 9.93. The maximum Gasteiger partial charge on any atom is 0.471 e. The van der Waals surface area contributed by atoms with E-state index in [9.17, 15) is 22.8 Å². The van der Waals surface area contributed by atoms with Crippen molar-refractivity contribution in [1.82, 2.24) is 4.90 Å². The third kappa shape index (κ3) is 2.54. The van der Waals surface area contributed by atoms with Crippen molar-refractivity contribution in [3.05, 3.63) is 35.4 Å². The summed E-state index contributed by atoms with van der Waals surface area (Å²) >= 11 is 0. The van der Waals surface area contributed by atoms with E-state index in [0.717, 1.165) is 5.56 Å². The predicted octanol–water partition coefficient (Wildman–Crippen LogP) is 0.987. The lowest BCUT2D eigenvalue weighted by Gasteiger charge is -2.35. The third-order valence-electron chi connectivity index (χ3n) is 3.08. The monoisotopic (exact) mass is 272 g/mol. The molecule has 1 atom stereocenters. The van der Waals surface area contributed by atoms with Crippen LogP contribution in [0.4, 0.5) is 13.2 Å². The number of fused-ring (bicyclic) bond motifs is 1. The summed E-state index contributed by atoms with van der Waals surface area (Å²) in [5.74, 6) is -2.97. The molecule has 4 nitrogen and oxygen atoms in total. The van der Waals surface area contributed by atoms with Gasteiger partial charge in [0.15, 0.2) is 0 Å². The van der Waals surface area contributed by atoms with Crippen LogP contribution in [0.15, 0.2) is 24.3 Å². The molecule has 2 rings (SSSR count). The molecule has 2 amide bonds. The van der Waals surface area contributed by atoms with E-state index >= 15 is 0 Å². The fourth-order valence-corrected chi connectivity index (χ4v) is 2.15. The van der Waals surface area contributed by atoms with Gasteiger partial charge in [-0.2, -0.15) is 13.2 Å². The van der Waals surface area contributed by atoms with Gasteiger partial charge < -0.3 is 10.6 Å². The van der Waals surface area contributed by atoms with Gasteiger partial charge in [-0.15, -0.1) is 0 Å². The van der Waals surface area contributed by atoms with Crippen LogP contribution in [0, 0.1) is 0 Å². The normalized spacial score (nSPS) is 18.9. The van der Waals surface area contributed by atoms with Gasteiger partial charge in [0.1, 0.15) is 6.04 Å². The van der Waals surface area contributed by atoms with E-state index in [1.165, 1.54) is 0 Å². The highest BCUT2D eigenvalue weighted by Gasteiger charge is 2.47. The van der Waals surface area contributed by atoms with Crippen LogP contribution < -0.4 is 5.73 Å². The molecule has 0 aliphatic carbocycles. The molecule has 0 saturated heterocycles. The topological polar surface area (TPSA) is 63.4 Å². The Hall–Kier alpha value is -2.05. The Labute approximate surface area is 107 Å². The zero-order chi connectivity index (χ0) is 14.2. The van der Waals surface area contributed by atoms with Gasteiger partial charge in [0.05, 0.1) is 0 Å². The van der Waals surface area contributed by atoms with Gasteiger partial charge in [-0.1, -0.05) is 24.3 Å². The minimum atomic E-state index is -5.01. The molecule has 0 saturated carbocycles. The molecule has 7 heteroatoms. The van der Waals surface area contributed by atoms with E-state index in [1.807, 2.05) is 0 Å². The fourth-order valence-electron chi connectivity index (χ4n) is 2.15. The number of benzene rings is 1. The number of carbonyl (C=O) groups excluding carboxylic acids is 2. The molecule has 1 aliphatic heterocycles. The molecular weight excluding hydrogens is 261 g/mol. The first-order valence-electron chi connectivity index (χ1n) is 5.54. The Morgan fingerprint density at radius 3 is 2.32 bits per heavy atom. The van der Waals surface area contributed by atoms with Gasteiger partial charge in [-0.25, -0.2) is 0 Å². The van der Waals surface area contributed by atoms with Crippen molar-refractivity contribution in [3.63, 3.8) is 0 Å². The molecule has 0 fully saturated rings. The lowest BCUT2D eigenvalue weighted by Crippen LogP contribution is -2.54. The minimum Gasteiger partial charge on any atom is -0.368 e. The van der Waals surface area contributed by atoms with E-state index in [-0.39, 0.29) is 13.0 Å². The zero-order valence-corrected chi connectivity index (χ0v) is 9.78. The van der Waals surface area contributed by atoms with Crippen LogP contribution in [0.5, 0.6) is 0 Å². The zero-order valence-electron chi connectivity index (χ0n) is 9.78. The first-order chi connectivity index (χ1) is 8.80. The number of alkyl halides is 3. The highest BCUT2D eigenvalue weighted by Crippen LogP contribution is 2.28. The van der Waals surface area contributed by atoms with Gasteiger partial charge >= 0.3 is 12.1 Å². The van der Waals surface area contributed by atoms with Crippen LogP contribution in [0.2, 0.25) is 0 Å². The number of hydrogen-bond acceptors (Lipinski definition) is 2. The number of nitrogens with two attached hydrogens (primary N) is 1. The van der Waals surface area contributed by atoms with Crippen molar-refractivity contribution in [2.45, 2.75) is 25.2 Å². The van der Waals surface area contributed by atoms with E-state index in [4.69, 9.17) is 5.73 Å². The van der Waals surface area contributed by atoms with Gasteiger partial charge in [-0.05, 0) is 11.1 Å². The molecule has 0 bridgehead atoms. The molecule has 19 heavy (non-hydrogen) atoms. The minimum absolute atomic E-state index is 0.00727. The standard InChI is InChI=1S/C12H11F3N2O2/c13-12(14,15)11(19)17-6-8-4-2-1-3-7(8)5-9(17)10(16)18/h1-4,9H,5-6H2,(H2,16,18)/t9-/m0/s1. The van der Waals surface area contributed by atoms with Crippen molar-refractivity contribution in [2.75, 3.05) is 0 Å².